The van der Waals surface area contributed by atoms with E-state index in [9.17, 15) is 32.7 Å². The van der Waals surface area contributed by atoms with Crippen LogP contribution in [0.25, 0.3) is 11.3 Å². The molecule has 2 aromatic carbocycles. The number of carbonyl (C=O) groups excluding carboxylic acids is 2. The lowest BCUT2D eigenvalue weighted by molar-refractivity contribution is -0.140. The number of alkyl halides is 3. The zero-order chi connectivity index (χ0) is 26.6. The Bertz CT molecular complexity index is 1280. The number of halogens is 4. The van der Waals surface area contributed by atoms with Crippen LogP contribution in [-0.4, -0.2) is 34.2 Å². The fourth-order valence-corrected chi connectivity index (χ4v) is 3.29. The Balaban J connectivity index is 1.66. The summed E-state index contributed by atoms with van der Waals surface area (Å²) in [7, 11) is 0. The Kier molecular flexibility index (Phi) is 7.88. The van der Waals surface area contributed by atoms with Crippen LogP contribution in [0.15, 0.2) is 53.1 Å². The molecule has 0 spiro atoms. The minimum Gasteiger partial charge on any atom is -0.480 e. The monoisotopic (exact) mass is 524 g/mol. The summed E-state index contributed by atoms with van der Waals surface area (Å²) < 4.78 is 44.6. The van der Waals surface area contributed by atoms with Crippen LogP contribution >= 0.6 is 11.6 Å². The predicted molar refractivity (Wildman–Crippen MR) is 125 cm³/mol. The molecule has 0 aliphatic carbocycles. The lowest BCUT2D eigenvalue weighted by atomic mass is 10.0. The topological polar surface area (TPSA) is 134 Å². The van der Waals surface area contributed by atoms with E-state index in [1.54, 1.807) is 13.8 Å². The van der Waals surface area contributed by atoms with Crippen molar-refractivity contribution in [2.75, 3.05) is 10.6 Å². The molecule has 0 saturated carbocycles. The molecule has 13 heteroatoms. The van der Waals surface area contributed by atoms with Crippen LogP contribution in [0.2, 0.25) is 5.02 Å². The van der Waals surface area contributed by atoms with E-state index < -0.39 is 41.4 Å². The number of aromatic nitrogens is 1. The van der Waals surface area contributed by atoms with Crippen molar-refractivity contribution < 1.29 is 37.2 Å². The first-order valence-corrected chi connectivity index (χ1v) is 10.8. The van der Waals surface area contributed by atoms with Crippen molar-refractivity contribution in [2.45, 2.75) is 26.1 Å². The van der Waals surface area contributed by atoms with Gasteiger partial charge in [0.15, 0.2) is 0 Å². The van der Waals surface area contributed by atoms with Gasteiger partial charge < -0.3 is 25.6 Å². The van der Waals surface area contributed by atoms with Crippen molar-refractivity contribution in [3.8, 4) is 11.3 Å². The van der Waals surface area contributed by atoms with Gasteiger partial charge in [0.05, 0.1) is 11.3 Å². The van der Waals surface area contributed by atoms with Gasteiger partial charge in [-0.15, -0.1) is 0 Å². The third-order valence-electron chi connectivity index (χ3n) is 4.93. The standard InChI is InChI=1S/C23H20ClF3N4O5/c1-11(2)19(21(33)34)30-20(32)18-10-17(31-36-18)12-3-6-14(7-4-12)28-22(35)29-16-8-5-13(24)9-15(16)23(25,26)27/h3-11,19H,1-2H3,(H,30,32)(H,33,34)(H2,28,29,35). The van der Waals surface area contributed by atoms with Crippen LogP contribution in [0, 0.1) is 5.92 Å². The van der Waals surface area contributed by atoms with Crippen LogP contribution in [0.5, 0.6) is 0 Å². The second-order valence-electron chi connectivity index (χ2n) is 7.95. The first-order valence-electron chi connectivity index (χ1n) is 10.4. The summed E-state index contributed by atoms with van der Waals surface area (Å²) in [5, 5.41) is 19.8. The fourth-order valence-electron chi connectivity index (χ4n) is 3.11. The number of amides is 3. The summed E-state index contributed by atoms with van der Waals surface area (Å²) in [5.41, 5.74) is -0.518. The van der Waals surface area contributed by atoms with Gasteiger partial charge in [-0.3, -0.25) is 4.79 Å². The number of nitrogens with zero attached hydrogens (tertiary/aromatic N) is 1. The van der Waals surface area contributed by atoms with Crippen molar-refractivity contribution in [3.63, 3.8) is 0 Å². The van der Waals surface area contributed by atoms with Crippen molar-refractivity contribution >= 4 is 40.9 Å². The van der Waals surface area contributed by atoms with E-state index >= 15 is 0 Å². The average molecular weight is 525 g/mol. The number of aliphatic carboxylic acids is 1. The smallest absolute Gasteiger partial charge is 0.418 e. The van der Waals surface area contributed by atoms with Gasteiger partial charge >= 0.3 is 18.2 Å². The van der Waals surface area contributed by atoms with Gasteiger partial charge in [-0.25, -0.2) is 9.59 Å². The highest BCUT2D eigenvalue weighted by atomic mass is 35.5. The Morgan fingerprint density at radius 3 is 2.28 bits per heavy atom. The van der Waals surface area contributed by atoms with Gasteiger partial charge in [-0.1, -0.05) is 42.7 Å². The highest BCUT2D eigenvalue weighted by molar-refractivity contribution is 6.30. The zero-order valence-electron chi connectivity index (χ0n) is 18.8. The molecule has 0 aliphatic rings. The summed E-state index contributed by atoms with van der Waals surface area (Å²) >= 11 is 5.63. The highest BCUT2D eigenvalue weighted by Gasteiger charge is 2.34. The number of carbonyl (C=O) groups is 3. The van der Waals surface area contributed by atoms with E-state index in [0.29, 0.717) is 11.6 Å². The summed E-state index contributed by atoms with van der Waals surface area (Å²) in [4.78, 5) is 35.8. The largest absolute Gasteiger partial charge is 0.480 e. The third kappa shape index (κ3) is 6.54. The quantitative estimate of drug-likeness (QED) is 0.322. The summed E-state index contributed by atoms with van der Waals surface area (Å²) in [5.74, 6) is -2.48. The molecule has 1 atom stereocenters. The van der Waals surface area contributed by atoms with E-state index in [0.717, 1.165) is 6.07 Å². The molecule has 9 nitrogen and oxygen atoms in total. The molecular formula is C23H20ClF3N4O5. The average Bonchev–Trinajstić information content (AvgIpc) is 3.28. The molecule has 190 valence electrons. The minimum atomic E-state index is -4.72. The number of hydrogen-bond donors (Lipinski definition) is 4. The number of hydrogen-bond acceptors (Lipinski definition) is 5. The second kappa shape index (κ2) is 10.7. The number of nitrogens with one attached hydrogen (secondary N) is 3. The van der Waals surface area contributed by atoms with E-state index in [4.69, 9.17) is 16.1 Å². The van der Waals surface area contributed by atoms with Gasteiger partial charge in [0, 0.05) is 22.3 Å². The molecule has 0 fully saturated rings. The van der Waals surface area contributed by atoms with E-state index in [1.807, 2.05) is 0 Å². The minimum absolute atomic E-state index is 0.126. The molecule has 3 rings (SSSR count). The van der Waals surface area contributed by atoms with Crippen LogP contribution < -0.4 is 16.0 Å². The molecule has 36 heavy (non-hydrogen) atoms. The van der Waals surface area contributed by atoms with Crippen LogP contribution in [-0.2, 0) is 11.0 Å². The Labute approximate surface area is 207 Å². The maximum Gasteiger partial charge on any atom is 0.418 e. The Hall–Kier alpha value is -4.06. The molecule has 1 aromatic heterocycles. The van der Waals surface area contributed by atoms with E-state index in [2.05, 4.69) is 21.1 Å². The predicted octanol–water partition coefficient (Wildman–Crippen LogP) is 5.50. The molecule has 0 radical (unpaired) electrons. The maximum absolute atomic E-state index is 13.2. The highest BCUT2D eigenvalue weighted by Crippen LogP contribution is 2.36. The molecule has 4 N–H and O–H groups in total. The molecule has 3 amide bonds. The number of carboxylic acids is 1. The van der Waals surface area contributed by atoms with E-state index in [-0.39, 0.29) is 28.1 Å². The van der Waals surface area contributed by atoms with Crippen LogP contribution in [0.3, 0.4) is 0 Å². The SMILES string of the molecule is CC(C)C(NC(=O)c1cc(-c2ccc(NC(=O)Nc3ccc(Cl)cc3C(F)(F)F)cc2)no1)C(=O)O. The number of urea groups is 1. The molecular weight excluding hydrogens is 505 g/mol. The number of anilines is 2. The molecule has 3 aromatic rings. The molecule has 1 heterocycles. The fraction of sp³-hybridized carbons (Fsp3) is 0.217. The van der Waals surface area contributed by atoms with Crippen molar-refractivity contribution in [1.29, 1.82) is 0 Å². The van der Waals surface area contributed by atoms with Crippen LogP contribution in [0.4, 0.5) is 29.3 Å². The first-order chi connectivity index (χ1) is 16.8. The van der Waals surface area contributed by atoms with Crippen molar-refractivity contribution in [1.82, 2.24) is 10.5 Å². The summed E-state index contributed by atoms with van der Waals surface area (Å²) in [6, 6.07) is 8.29. The Morgan fingerprint density at radius 2 is 1.69 bits per heavy atom. The normalized spacial score (nSPS) is 12.2. The molecule has 0 aliphatic heterocycles. The lowest BCUT2D eigenvalue weighted by Crippen LogP contribution is -2.44. The molecule has 0 bridgehead atoms. The number of benzene rings is 2. The zero-order valence-corrected chi connectivity index (χ0v) is 19.6. The maximum atomic E-state index is 13.2. The van der Waals surface area contributed by atoms with Gasteiger partial charge in [-0.2, -0.15) is 13.2 Å². The van der Waals surface area contributed by atoms with Gasteiger partial charge in [0.1, 0.15) is 11.7 Å². The summed E-state index contributed by atoms with van der Waals surface area (Å²) in [6.07, 6.45) is -4.72. The van der Waals surface area contributed by atoms with Crippen LogP contribution in [0.1, 0.15) is 30.0 Å². The molecule has 0 saturated heterocycles. The summed E-state index contributed by atoms with van der Waals surface area (Å²) in [6.45, 7) is 3.29. The number of carboxylic acid groups (broad SMARTS) is 1. The van der Waals surface area contributed by atoms with Crippen molar-refractivity contribution in [2.24, 2.45) is 5.92 Å². The van der Waals surface area contributed by atoms with Gasteiger partial charge in [-0.05, 0) is 36.2 Å². The van der Waals surface area contributed by atoms with Gasteiger partial charge in [0.2, 0.25) is 5.76 Å². The van der Waals surface area contributed by atoms with Gasteiger partial charge in [0.25, 0.3) is 5.91 Å². The molecule has 1 unspecified atom stereocenters. The first kappa shape index (κ1) is 26.5. The van der Waals surface area contributed by atoms with E-state index in [1.165, 1.54) is 36.4 Å². The lowest BCUT2D eigenvalue weighted by Gasteiger charge is -2.16. The second-order valence-corrected chi connectivity index (χ2v) is 8.39. The van der Waals surface area contributed by atoms with Crippen molar-refractivity contribution in [3.05, 3.63) is 64.9 Å². The number of rotatable bonds is 7. The third-order valence-corrected chi connectivity index (χ3v) is 5.16. The Morgan fingerprint density at radius 1 is 1.03 bits per heavy atom.